The third kappa shape index (κ3) is 4.37. The fourth-order valence-electron chi connectivity index (χ4n) is 3.76. The monoisotopic (exact) mass is 329 g/mol. The first-order valence-corrected chi connectivity index (χ1v) is 9.28. The zero-order valence-corrected chi connectivity index (χ0v) is 15.2. The molecule has 1 aliphatic carbocycles. The number of carbonyl (C=O) groups is 1. The average molecular weight is 329 g/mol. The zero-order chi connectivity index (χ0) is 17.1. The highest BCUT2D eigenvalue weighted by molar-refractivity contribution is 5.81. The van der Waals surface area contributed by atoms with Gasteiger partial charge in [0.1, 0.15) is 0 Å². The summed E-state index contributed by atoms with van der Waals surface area (Å²) in [6, 6.07) is 11.1. The van der Waals surface area contributed by atoms with E-state index in [0.29, 0.717) is 12.0 Å². The highest BCUT2D eigenvalue weighted by Gasteiger charge is 2.40. The number of likely N-dealkylation sites (tertiary alicyclic amines) is 1. The van der Waals surface area contributed by atoms with Crippen molar-refractivity contribution in [3.63, 3.8) is 0 Å². The molecular formula is C20H31N3O. The smallest absolute Gasteiger partial charge is 0.223 e. The molecule has 1 aliphatic heterocycles. The van der Waals surface area contributed by atoms with E-state index in [0.717, 1.165) is 26.1 Å². The van der Waals surface area contributed by atoms with Crippen LogP contribution in [0.2, 0.25) is 0 Å². The van der Waals surface area contributed by atoms with Gasteiger partial charge in [0, 0.05) is 18.5 Å². The Morgan fingerprint density at radius 2 is 1.92 bits per heavy atom. The second kappa shape index (κ2) is 7.66. The van der Waals surface area contributed by atoms with Gasteiger partial charge >= 0.3 is 0 Å². The number of piperidine rings is 1. The van der Waals surface area contributed by atoms with E-state index in [2.05, 4.69) is 60.4 Å². The Bertz CT molecular complexity index is 539. The minimum Gasteiger partial charge on any atom is -0.348 e. The molecule has 1 aromatic rings. The van der Waals surface area contributed by atoms with Gasteiger partial charge in [-0.3, -0.25) is 4.79 Å². The van der Waals surface area contributed by atoms with Crippen LogP contribution in [0.25, 0.3) is 0 Å². The number of rotatable bonds is 6. The Hall–Kier alpha value is -1.39. The Morgan fingerprint density at radius 3 is 2.50 bits per heavy atom. The van der Waals surface area contributed by atoms with Crippen molar-refractivity contribution in [2.75, 3.05) is 33.7 Å². The van der Waals surface area contributed by atoms with Crippen molar-refractivity contribution in [1.82, 2.24) is 15.1 Å². The summed E-state index contributed by atoms with van der Waals surface area (Å²) in [5.41, 5.74) is 1.21. The number of nitrogens with zero attached hydrogens (tertiary/aromatic N) is 2. The van der Waals surface area contributed by atoms with Crippen molar-refractivity contribution in [2.24, 2.45) is 11.8 Å². The van der Waals surface area contributed by atoms with Crippen LogP contribution >= 0.6 is 0 Å². The highest BCUT2D eigenvalue weighted by atomic mass is 16.2. The van der Waals surface area contributed by atoms with Crippen molar-refractivity contribution in [3.05, 3.63) is 35.9 Å². The minimum absolute atomic E-state index is 0.0798. The number of benzene rings is 1. The van der Waals surface area contributed by atoms with Gasteiger partial charge in [-0.15, -0.1) is 0 Å². The van der Waals surface area contributed by atoms with Crippen LogP contribution in [0.4, 0.5) is 0 Å². The molecular weight excluding hydrogens is 298 g/mol. The van der Waals surface area contributed by atoms with Crippen LogP contribution in [0.1, 0.15) is 37.8 Å². The van der Waals surface area contributed by atoms with Crippen LogP contribution < -0.4 is 5.32 Å². The van der Waals surface area contributed by atoms with Crippen molar-refractivity contribution in [1.29, 1.82) is 0 Å². The summed E-state index contributed by atoms with van der Waals surface area (Å²) in [7, 11) is 4.40. The lowest BCUT2D eigenvalue weighted by atomic mass is 10.0. The number of hydrogen-bond donors (Lipinski definition) is 1. The maximum Gasteiger partial charge on any atom is 0.223 e. The van der Waals surface area contributed by atoms with E-state index in [1.807, 2.05) is 6.07 Å². The molecule has 1 heterocycles. The Balaban J connectivity index is 1.64. The predicted octanol–water partition coefficient (Wildman–Crippen LogP) is 2.53. The highest BCUT2D eigenvalue weighted by Crippen LogP contribution is 2.38. The fraction of sp³-hybridized carbons (Fsp3) is 0.650. The lowest BCUT2D eigenvalue weighted by Gasteiger charge is -2.37. The molecule has 0 unspecified atom stereocenters. The van der Waals surface area contributed by atoms with E-state index >= 15 is 0 Å². The van der Waals surface area contributed by atoms with Crippen molar-refractivity contribution < 1.29 is 4.79 Å². The van der Waals surface area contributed by atoms with E-state index in [1.165, 1.54) is 18.4 Å². The summed E-state index contributed by atoms with van der Waals surface area (Å²) in [5.74, 6) is 1.01. The molecule has 3 atom stereocenters. The van der Waals surface area contributed by atoms with Gasteiger partial charge in [-0.2, -0.15) is 0 Å². The molecule has 1 amide bonds. The summed E-state index contributed by atoms with van der Waals surface area (Å²) < 4.78 is 0. The third-order valence-electron chi connectivity index (χ3n) is 5.75. The SMILES string of the molecule is C[C@@H]1C[C@H]1C(=O)N[C@@H](CN(C)C1CCN(C)CC1)c1ccccc1. The van der Waals surface area contributed by atoms with Gasteiger partial charge in [-0.05, 0) is 57.9 Å². The largest absolute Gasteiger partial charge is 0.348 e. The van der Waals surface area contributed by atoms with E-state index in [4.69, 9.17) is 0 Å². The second-order valence-corrected chi connectivity index (χ2v) is 7.77. The molecule has 1 saturated heterocycles. The summed E-state index contributed by atoms with van der Waals surface area (Å²) in [6.45, 7) is 5.37. The average Bonchev–Trinajstić information content (AvgIpc) is 3.32. The lowest BCUT2D eigenvalue weighted by Crippen LogP contribution is -2.45. The van der Waals surface area contributed by atoms with Gasteiger partial charge in [0.05, 0.1) is 6.04 Å². The maximum atomic E-state index is 12.5. The molecule has 0 spiro atoms. The lowest BCUT2D eigenvalue weighted by molar-refractivity contribution is -0.123. The predicted molar refractivity (Wildman–Crippen MR) is 97.7 cm³/mol. The summed E-state index contributed by atoms with van der Waals surface area (Å²) in [5, 5.41) is 3.31. The molecule has 24 heavy (non-hydrogen) atoms. The van der Waals surface area contributed by atoms with Crippen LogP contribution in [0.15, 0.2) is 30.3 Å². The fourth-order valence-corrected chi connectivity index (χ4v) is 3.76. The van der Waals surface area contributed by atoms with Crippen LogP contribution in [0.3, 0.4) is 0 Å². The molecule has 132 valence electrons. The van der Waals surface area contributed by atoms with Gasteiger partial charge in [0.2, 0.25) is 5.91 Å². The van der Waals surface area contributed by atoms with E-state index in [9.17, 15) is 4.79 Å². The van der Waals surface area contributed by atoms with Gasteiger partial charge in [0.15, 0.2) is 0 Å². The molecule has 0 aromatic heterocycles. The molecule has 1 N–H and O–H groups in total. The van der Waals surface area contributed by atoms with Crippen molar-refractivity contribution in [3.8, 4) is 0 Å². The number of likely N-dealkylation sites (N-methyl/N-ethyl adjacent to an activating group) is 1. The first kappa shape index (κ1) is 17.4. The number of amides is 1. The van der Waals surface area contributed by atoms with Crippen LogP contribution in [0, 0.1) is 11.8 Å². The van der Waals surface area contributed by atoms with E-state index in [1.54, 1.807) is 0 Å². The standard InChI is InChI=1S/C20H31N3O/c1-15-13-18(15)20(24)21-19(16-7-5-4-6-8-16)14-23(3)17-9-11-22(2)12-10-17/h4-8,15,17-19H,9-14H2,1-3H3,(H,21,24)/t15-,18-,19+/m1/s1. The van der Waals surface area contributed by atoms with Crippen LogP contribution in [0.5, 0.6) is 0 Å². The topological polar surface area (TPSA) is 35.6 Å². The molecule has 0 bridgehead atoms. The molecule has 3 rings (SSSR count). The normalized spacial score (nSPS) is 26.3. The van der Waals surface area contributed by atoms with Gasteiger partial charge in [-0.1, -0.05) is 37.3 Å². The zero-order valence-electron chi connectivity index (χ0n) is 15.2. The third-order valence-corrected chi connectivity index (χ3v) is 5.75. The van der Waals surface area contributed by atoms with Gasteiger partial charge in [-0.25, -0.2) is 0 Å². The molecule has 1 aromatic carbocycles. The number of nitrogens with one attached hydrogen (secondary N) is 1. The Morgan fingerprint density at radius 1 is 1.29 bits per heavy atom. The van der Waals surface area contributed by atoms with Gasteiger partial charge in [0.25, 0.3) is 0 Å². The molecule has 4 nitrogen and oxygen atoms in total. The van der Waals surface area contributed by atoms with E-state index < -0.39 is 0 Å². The Kier molecular flexibility index (Phi) is 5.57. The summed E-state index contributed by atoms with van der Waals surface area (Å²) >= 11 is 0. The number of carbonyl (C=O) groups excluding carboxylic acids is 1. The molecule has 0 radical (unpaired) electrons. The van der Waals surface area contributed by atoms with Gasteiger partial charge < -0.3 is 15.1 Å². The maximum absolute atomic E-state index is 12.5. The Labute approximate surface area is 146 Å². The minimum atomic E-state index is 0.0798. The van der Waals surface area contributed by atoms with Crippen molar-refractivity contribution >= 4 is 5.91 Å². The molecule has 4 heteroatoms. The van der Waals surface area contributed by atoms with Crippen molar-refractivity contribution in [2.45, 2.75) is 38.3 Å². The van der Waals surface area contributed by atoms with Crippen LogP contribution in [-0.2, 0) is 4.79 Å². The first-order valence-electron chi connectivity index (χ1n) is 9.28. The first-order chi connectivity index (χ1) is 11.5. The quantitative estimate of drug-likeness (QED) is 0.871. The molecule has 1 saturated carbocycles. The van der Waals surface area contributed by atoms with E-state index in [-0.39, 0.29) is 17.9 Å². The summed E-state index contributed by atoms with van der Waals surface area (Å²) in [4.78, 5) is 17.3. The van der Waals surface area contributed by atoms with Crippen LogP contribution in [-0.4, -0.2) is 55.5 Å². The molecule has 2 aliphatic rings. The summed E-state index contributed by atoms with van der Waals surface area (Å²) in [6.07, 6.45) is 3.46. The molecule has 2 fully saturated rings. The second-order valence-electron chi connectivity index (χ2n) is 7.77. The number of hydrogen-bond acceptors (Lipinski definition) is 3.